The van der Waals surface area contributed by atoms with Gasteiger partial charge in [-0.3, -0.25) is 4.79 Å². The molecule has 1 aliphatic rings. The van der Waals surface area contributed by atoms with E-state index in [1.54, 1.807) is 21.1 Å². The maximum absolute atomic E-state index is 12.3. The lowest BCUT2D eigenvalue weighted by atomic mass is 10.2. The van der Waals surface area contributed by atoms with Gasteiger partial charge in [0.05, 0.1) is 0 Å². The zero-order valence-electron chi connectivity index (χ0n) is 14.1. The van der Waals surface area contributed by atoms with Crippen LogP contribution in [0.5, 0.6) is 0 Å². The van der Waals surface area contributed by atoms with Crippen LogP contribution >= 0.6 is 11.3 Å². The first kappa shape index (κ1) is 17.4. The third-order valence-corrected chi connectivity index (χ3v) is 4.73. The molecule has 25 heavy (non-hydrogen) atoms. The summed E-state index contributed by atoms with van der Waals surface area (Å²) >= 11 is 1.57. The van der Waals surface area contributed by atoms with Crippen LogP contribution in [0.2, 0.25) is 0 Å². The van der Waals surface area contributed by atoms with Crippen LogP contribution in [0.4, 0.5) is 4.79 Å². The molecule has 3 rings (SSSR count). The number of hydrogen-bond acceptors (Lipinski definition) is 6. The van der Waals surface area contributed by atoms with Gasteiger partial charge in [-0.05, 0) is 18.4 Å². The van der Waals surface area contributed by atoms with E-state index in [9.17, 15) is 9.59 Å². The smallest absolute Gasteiger partial charge is 0.317 e. The summed E-state index contributed by atoms with van der Waals surface area (Å²) in [7, 11) is 0. The molecule has 0 aliphatic carbocycles. The Hall–Kier alpha value is -2.42. The molecular weight excluding hydrogens is 342 g/mol. The number of hydrogen-bond donors (Lipinski definition) is 1. The number of piperazine rings is 1. The van der Waals surface area contributed by atoms with Crippen molar-refractivity contribution >= 4 is 23.3 Å². The van der Waals surface area contributed by atoms with E-state index in [1.165, 1.54) is 0 Å². The predicted molar refractivity (Wildman–Crippen MR) is 93.2 cm³/mol. The highest BCUT2D eigenvalue weighted by atomic mass is 32.1. The Kier molecular flexibility index (Phi) is 5.64. The first-order valence-electron chi connectivity index (χ1n) is 8.33. The minimum Gasteiger partial charge on any atom is -0.339 e. The monoisotopic (exact) mass is 363 g/mol. The lowest BCUT2D eigenvalue weighted by Crippen LogP contribution is -2.53. The van der Waals surface area contributed by atoms with Gasteiger partial charge >= 0.3 is 6.03 Å². The average molecular weight is 363 g/mol. The van der Waals surface area contributed by atoms with E-state index < -0.39 is 0 Å². The van der Waals surface area contributed by atoms with Crippen LogP contribution in [0, 0.1) is 0 Å². The highest BCUT2D eigenvalue weighted by Gasteiger charge is 2.24. The average Bonchev–Trinajstić information content (AvgIpc) is 3.31. The Labute approximate surface area is 149 Å². The van der Waals surface area contributed by atoms with Crippen molar-refractivity contribution in [3.05, 3.63) is 22.7 Å². The van der Waals surface area contributed by atoms with Gasteiger partial charge in [0, 0.05) is 56.5 Å². The van der Waals surface area contributed by atoms with Crippen molar-refractivity contribution in [3.63, 3.8) is 0 Å². The summed E-state index contributed by atoms with van der Waals surface area (Å²) in [6.45, 7) is 4.72. The van der Waals surface area contributed by atoms with Gasteiger partial charge in [-0.25, -0.2) is 4.79 Å². The second kappa shape index (κ2) is 8.11. The summed E-state index contributed by atoms with van der Waals surface area (Å²) in [6.07, 6.45) is 0.749. The van der Waals surface area contributed by atoms with Crippen LogP contribution in [-0.2, 0) is 11.2 Å². The van der Waals surface area contributed by atoms with Gasteiger partial charge in [0.25, 0.3) is 0 Å². The zero-order chi connectivity index (χ0) is 17.6. The van der Waals surface area contributed by atoms with Gasteiger partial charge in [-0.1, -0.05) is 5.16 Å². The highest BCUT2D eigenvalue weighted by Crippen LogP contribution is 2.19. The van der Waals surface area contributed by atoms with Crippen molar-refractivity contribution in [1.29, 1.82) is 0 Å². The second-order valence-electron chi connectivity index (χ2n) is 5.73. The standard InChI is InChI=1S/C16H21N5O3S/c1-2-17-16(23)21-8-6-20(7-9-21)14(22)4-3-13-18-15(19-24-13)12-5-10-25-11-12/h5,10-11H,2-4,6-9H2,1H3,(H,17,23). The zero-order valence-corrected chi connectivity index (χ0v) is 14.9. The van der Waals surface area contributed by atoms with Gasteiger partial charge in [-0.15, -0.1) is 0 Å². The number of rotatable bonds is 5. The minimum atomic E-state index is -0.0681. The fraction of sp³-hybridized carbons (Fsp3) is 0.500. The lowest BCUT2D eigenvalue weighted by Gasteiger charge is -2.34. The molecule has 1 aliphatic heterocycles. The minimum absolute atomic E-state index is 0.0471. The Morgan fingerprint density at radius 3 is 2.72 bits per heavy atom. The molecule has 0 radical (unpaired) electrons. The lowest BCUT2D eigenvalue weighted by molar-refractivity contribution is -0.132. The normalized spacial score (nSPS) is 14.6. The molecule has 0 aromatic carbocycles. The molecule has 3 heterocycles. The van der Waals surface area contributed by atoms with E-state index in [4.69, 9.17) is 4.52 Å². The van der Waals surface area contributed by atoms with Crippen LogP contribution in [0.3, 0.4) is 0 Å². The van der Waals surface area contributed by atoms with Crippen molar-refractivity contribution in [3.8, 4) is 11.4 Å². The molecule has 8 nitrogen and oxygen atoms in total. The summed E-state index contributed by atoms with van der Waals surface area (Å²) in [6, 6.07) is 1.86. The predicted octanol–water partition coefficient (Wildman–Crippen LogP) is 1.60. The van der Waals surface area contributed by atoms with Crippen LogP contribution in [0.1, 0.15) is 19.2 Å². The largest absolute Gasteiger partial charge is 0.339 e. The molecule has 2 aromatic rings. The molecule has 134 valence electrons. The summed E-state index contributed by atoms with van der Waals surface area (Å²) in [4.78, 5) is 31.9. The Bertz CT molecular complexity index is 707. The molecule has 9 heteroatoms. The van der Waals surface area contributed by atoms with Crippen LogP contribution in [0.15, 0.2) is 21.3 Å². The first-order chi connectivity index (χ1) is 12.2. The molecule has 1 N–H and O–H groups in total. The Balaban J connectivity index is 1.45. The number of urea groups is 1. The third-order valence-electron chi connectivity index (χ3n) is 4.05. The first-order valence-corrected chi connectivity index (χ1v) is 9.27. The summed E-state index contributed by atoms with van der Waals surface area (Å²) in [5.74, 6) is 1.07. The van der Waals surface area contributed by atoms with E-state index in [-0.39, 0.29) is 11.9 Å². The second-order valence-corrected chi connectivity index (χ2v) is 6.51. The van der Waals surface area contributed by atoms with Crippen LogP contribution < -0.4 is 5.32 Å². The SMILES string of the molecule is CCNC(=O)N1CCN(C(=O)CCc2nc(-c3ccsc3)no2)CC1. The quantitative estimate of drug-likeness (QED) is 0.871. The number of nitrogens with one attached hydrogen (secondary N) is 1. The molecular formula is C16H21N5O3S. The van der Waals surface area contributed by atoms with E-state index in [2.05, 4.69) is 15.5 Å². The molecule has 3 amide bonds. The van der Waals surface area contributed by atoms with Crippen LogP contribution in [-0.4, -0.2) is 64.6 Å². The van der Waals surface area contributed by atoms with E-state index >= 15 is 0 Å². The third kappa shape index (κ3) is 4.36. The number of thiophene rings is 1. The van der Waals surface area contributed by atoms with Crippen molar-refractivity contribution < 1.29 is 14.1 Å². The molecule has 0 atom stereocenters. The summed E-state index contributed by atoms with van der Waals surface area (Å²) in [5.41, 5.74) is 0.924. The molecule has 0 spiro atoms. The number of aryl methyl sites for hydroxylation is 1. The van der Waals surface area contributed by atoms with Crippen molar-refractivity contribution in [2.75, 3.05) is 32.7 Å². The fourth-order valence-electron chi connectivity index (χ4n) is 2.66. The van der Waals surface area contributed by atoms with Gasteiger partial charge < -0.3 is 19.6 Å². The Morgan fingerprint density at radius 2 is 2.04 bits per heavy atom. The number of nitrogens with zero attached hydrogens (tertiary/aromatic N) is 4. The Morgan fingerprint density at radius 1 is 1.28 bits per heavy atom. The molecule has 2 aromatic heterocycles. The van der Waals surface area contributed by atoms with Gasteiger partial charge in [0.2, 0.25) is 17.6 Å². The number of aromatic nitrogens is 2. The summed E-state index contributed by atoms with van der Waals surface area (Å²) < 4.78 is 5.21. The van der Waals surface area contributed by atoms with Gasteiger partial charge in [-0.2, -0.15) is 16.3 Å². The molecule has 0 saturated carbocycles. The summed E-state index contributed by atoms with van der Waals surface area (Å²) in [5, 5.41) is 10.6. The molecule has 0 bridgehead atoms. The molecule has 1 fully saturated rings. The highest BCUT2D eigenvalue weighted by molar-refractivity contribution is 7.08. The van der Waals surface area contributed by atoms with Crippen molar-refractivity contribution in [2.45, 2.75) is 19.8 Å². The topological polar surface area (TPSA) is 91.6 Å². The van der Waals surface area contributed by atoms with Crippen LogP contribution in [0.25, 0.3) is 11.4 Å². The molecule has 0 unspecified atom stereocenters. The van der Waals surface area contributed by atoms with Crippen molar-refractivity contribution in [2.24, 2.45) is 0 Å². The maximum Gasteiger partial charge on any atom is 0.317 e. The van der Waals surface area contributed by atoms with E-state index in [0.717, 1.165) is 5.56 Å². The fourth-order valence-corrected chi connectivity index (χ4v) is 3.29. The van der Waals surface area contributed by atoms with E-state index in [1.807, 2.05) is 23.8 Å². The number of carbonyl (C=O) groups is 2. The van der Waals surface area contributed by atoms with Gasteiger partial charge in [0.15, 0.2) is 0 Å². The van der Waals surface area contributed by atoms with E-state index in [0.29, 0.717) is 57.3 Å². The number of amides is 3. The van der Waals surface area contributed by atoms with Gasteiger partial charge in [0.1, 0.15) is 0 Å². The van der Waals surface area contributed by atoms with Crippen molar-refractivity contribution in [1.82, 2.24) is 25.3 Å². The molecule has 1 saturated heterocycles. The maximum atomic E-state index is 12.3. The number of carbonyl (C=O) groups excluding carboxylic acids is 2.